The van der Waals surface area contributed by atoms with Gasteiger partial charge in [-0.2, -0.15) is 0 Å². The number of amides is 4. The van der Waals surface area contributed by atoms with E-state index in [2.05, 4.69) is 35.1 Å². The summed E-state index contributed by atoms with van der Waals surface area (Å²) in [6, 6.07) is -0.177. The Morgan fingerprint density at radius 1 is 0.462 bits per heavy atom. The molecule has 0 bridgehead atoms. The van der Waals surface area contributed by atoms with Crippen LogP contribution in [0, 0.1) is 0 Å². The number of unbranched alkanes of at least 4 members (excludes halogenated alkanes) is 9. The lowest BCUT2D eigenvalue weighted by atomic mass is 10.1. The van der Waals surface area contributed by atoms with E-state index in [0.29, 0.717) is 13.1 Å². The van der Waals surface area contributed by atoms with Crippen LogP contribution in [0.5, 0.6) is 0 Å². The van der Waals surface area contributed by atoms with Crippen molar-refractivity contribution in [3.05, 3.63) is 0 Å². The van der Waals surface area contributed by atoms with Gasteiger partial charge >= 0.3 is 12.1 Å². The summed E-state index contributed by atoms with van der Waals surface area (Å²) in [6.45, 7) is 7.17. The summed E-state index contributed by atoms with van der Waals surface area (Å²) in [5.74, 6) is 0. The third-order valence-electron chi connectivity index (χ3n) is 4.31. The van der Waals surface area contributed by atoms with E-state index in [-0.39, 0.29) is 12.1 Å². The number of hydrogen-bond donors (Lipinski definition) is 4. The summed E-state index contributed by atoms with van der Waals surface area (Å²) in [7, 11) is 0. The standard InChI is InChI=1S/C20H42N4O2/c1-3-5-7-9-11-15-21-19(25)23-17-13-14-18-24-20(26)22-16-12-10-8-6-4-2/h3-18H2,1-2H3,(H2,21,23,25)(H2,22,24,26). The van der Waals surface area contributed by atoms with E-state index in [1.54, 1.807) is 0 Å². The summed E-state index contributed by atoms with van der Waals surface area (Å²) in [5.41, 5.74) is 0. The van der Waals surface area contributed by atoms with Gasteiger partial charge in [-0.05, 0) is 25.7 Å². The van der Waals surface area contributed by atoms with Crippen molar-refractivity contribution in [1.82, 2.24) is 21.3 Å². The minimum Gasteiger partial charge on any atom is -0.338 e. The number of urea groups is 2. The molecule has 0 unspecified atom stereocenters. The van der Waals surface area contributed by atoms with Crippen LogP contribution in [-0.2, 0) is 0 Å². The maximum absolute atomic E-state index is 11.6. The molecule has 0 saturated heterocycles. The lowest BCUT2D eigenvalue weighted by Crippen LogP contribution is -2.38. The number of carbonyl (C=O) groups is 2. The van der Waals surface area contributed by atoms with Gasteiger partial charge in [-0.15, -0.1) is 0 Å². The van der Waals surface area contributed by atoms with E-state index < -0.39 is 0 Å². The number of nitrogens with one attached hydrogen (secondary N) is 4. The van der Waals surface area contributed by atoms with Crippen molar-refractivity contribution in [2.24, 2.45) is 0 Å². The largest absolute Gasteiger partial charge is 0.338 e. The molecule has 4 amide bonds. The molecular weight excluding hydrogens is 328 g/mol. The maximum Gasteiger partial charge on any atom is 0.314 e. The molecule has 0 aliphatic heterocycles. The van der Waals surface area contributed by atoms with Crippen LogP contribution in [0.2, 0.25) is 0 Å². The highest BCUT2D eigenvalue weighted by Gasteiger charge is 2.00. The summed E-state index contributed by atoms with van der Waals surface area (Å²) in [4.78, 5) is 23.2. The van der Waals surface area contributed by atoms with Gasteiger partial charge in [0.15, 0.2) is 0 Å². The quantitative estimate of drug-likeness (QED) is 0.288. The molecular formula is C20H42N4O2. The molecule has 0 aromatic carbocycles. The van der Waals surface area contributed by atoms with Crippen LogP contribution in [0.25, 0.3) is 0 Å². The van der Waals surface area contributed by atoms with E-state index in [4.69, 9.17) is 0 Å². The fraction of sp³-hybridized carbons (Fsp3) is 0.900. The minimum atomic E-state index is -0.0886. The van der Waals surface area contributed by atoms with Crippen LogP contribution < -0.4 is 21.3 Å². The topological polar surface area (TPSA) is 82.3 Å². The van der Waals surface area contributed by atoms with Crippen LogP contribution in [0.3, 0.4) is 0 Å². The van der Waals surface area contributed by atoms with Crippen LogP contribution in [0.15, 0.2) is 0 Å². The van der Waals surface area contributed by atoms with Crippen molar-refractivity contribution >= 4 is 12.1 Å². The fourth-order valence-electron chi connectivity index (χ4n) is 2.64. The van der Waals surface area contributed by atoms with Gasteiger partial charge in [-0.1, -0.05) is 65.2 Å². The smallest absolute Gasteiger partial charge is 0.314 e. The second-order valence-electron chi connectivity index (χ2n) is 6.90. The lowest BCUT2D eigenvalue weighted by Gasteiger charge is -2.09. The number of rotatable bonds is 17. The zero-order chi connectivity index (χ0) is 19.3. The van der Waals surface area contributed by atoms with E-state index >= 15 is 0 Å². The molecule has 0 atom stereocenters. The second-order valence-corrected chi connectivity index (χ2v) is 6.90. The van der Waals surface area contributed by atoms with Gasteiger partial charge < -0.3 is 21.3 Å². The van der Waals surface area contributed by atoms with Gasteiger partial charge in [-0.25, -0.2) is 9.59 Å². The van der Waals surface area contributed by atoms with Gasteiger partial charge in [0.1, 0.15) is 0 Å². The van der Waals surface area contributed by atoms with E-state index in [9.17, 15) is 9.59 Å². The van der Waals surface area contributed by atoms with Crippen LogP contribution in [0.4, 0.5) is 9.59 Å². The fourth-order valence-corrected chi connectivity index (χ4v) is 2.64. The molecule has 154 valence electrons. The molecule has 0 saturated carbocycles. The molecule has 0 aliphatic carbocycles. The zero-order valence-corrected chi connectivity index (χ0v) is 17.1. The van der Waals surface area contributed by atoms with Crippen molar-refractivity contribution in [2.75, 3.05) is 26.2 Å². The Bertz CT molecular complexity index is 306. The first-order chi connectivity index (χ1) is 12.7. The van der Waals surface area contributed by atoms with Gasteiger partial charge in [0.05, 0.1) is 0 Å². The molecule has 0 aromatic rings. The van der Waals surface area contributed by atoms with Crippen molar-refractivity contribution < 1.29 is 9.59 Å². The molecule has 0 spiro atoms. The minimum absolute atomic E-state index is 0.0886. The zero-order valence-electron chi connectivity index (χ0n) is 17.1. The summed E-state index contributed by atoms with van der Waals surface area (Å²) >= 11 is 0. The third-order valence-corrected chi connectivity index (χ3v) is 4.31. The first kappa shape index (κ1) is 24.5. The highest BCUT2D eigenvalue weighted by molar-refractivity contribution is 5.74. The predicted molar refractivity (Wildman–Crippen MR) is 110 cm³/mol. The Hall–Kier alpha value is -1.46. The first-order valence-corrected chi connectivity index (χ1v) is 10.7. The highest BCUT2D eigenvalue weighted by Crippen LogP contribution is 2.01. The molecule has 4 N–H and O–H groups in total. The SMILES string of the molecule is CCCCCCCNC(=O)NCCCCNC(=O)NCCCCCCC. The Morgan fingerprint density at radius 3 is 1.04 bits per heavy atom. The molecule has 0 radical (unpaired) electrons. The molecule has 0 aromatic heterocycles. The Kier molecular flexibility index (Phi) is 18.7. The van der Waals surface area contributed by atoms with Crippen LogP contribution >= 0.6 is 0 Å². The normalized spacial score (nSPS) is 10.4. The average Bonchev–Trinajstić information content (AvgIpc) is 2.63. The van der Waals surface area contributed by atoms with Crippen molar-refractivity contribution in [1.29, 1.82) is 0 Å². The maximum atomic E-state index is 11.6. The molecule has 0 rings (SSSR count). The molecule has 26 heavy (non-hydrogen) atoms. The van der Waals surface area contributed by atoms with Gasteiger partial charge in [0.25, 0.3) is 0 Å². The summed E-state index contributed by atoms with van der Waals surface area (Å²) in [6.07, 6.45) is 13.7. The van der Waals surface area contributed by atoms with E-state index in [1.807, 2.05) is 0 Å². The van der Waals surface area contributed by atoms with Crippen molar-refractivity contribution in [2.45, 2.75) is 90.9 Å². The Labute approximate surface area is 160 Å². The van der Waals surface area contributed by atoms with Crippen LogP contribution in [-0.4, -0.2) is 38.2 Å². The van der Waals surface area contributed by atoms with Crippen LogP contribution in [0.1, 0.15) is 90.9 Å². The number of hydrogen-bond acceptors (Lipinski definition) is 2. The average molecular weight is 371 g/mol. The van der Waals surface area contributed by atoms with Gasteiger partial charge in [0, 0.05) is 26.2 Å². The van der Waals surface area contributed by atoms with Crippen molar-refractivity contribution in [3.63, 3.8) is 0 Å². The monoisotopic (exact) mass is 370 g/mol. The summed E-state index contributed by atoms with van der Waals surface area (Å²) < 4.78 is 0. The number of carbonyl (C=O) groups excluding carboxylic acids is 2. The van der Waals surface area contributed by atoms with Gasteiger partial charge in [-0.3, -0.25) is 0 Å². The van der Waals surface area contributed by atoms with Gasteiger partial charge in [0.2, 0.25) is 0 Å². The Balaban J connectivity index is 3.28. The molecule has 0 aliphatic rings. The summed E-state index contributed by atoms with van der Waals surface area (Å²) in [5, 5.41) is 11.5. The molecule has 0 fully saturated rings. The third kappa shape index (κ3) is 18.9. The molecule has 6 nitrogen and oxygen atoms in total. The van der Waals surface area contributed by atoms with Crippen molar-refractivity contribution in [3.8, 4) is 0 Å². The second kappa shape index (κ2) is 19.9. The van der Waals surface area contributed by atoms with E-state index in [0.717, 1.165) is 38.8 Å². The molecule has 0 heterocycles. The highest BCUT2D eigenvalue weighted by atomic mass is 16.2. The molecule has 6 heteroatoms. The predicted octanol–water partition coefficient (Wildman–Crippen LogP) is 4.31. The first-order valence-electron chi connectivity index (χ1n) is 10.7. The Morgan fingerprint density at radius 2 is 0.731 bits per heavy atom. The van der Waals surface area contributed by atoms with E-state index in [1.165, 1.54) is 51.4 Å². The lowest BCUT2D eigenvalue weighted by molar-refractivity contribution is 0.238.